The van der Waals surface area contributed by atoms with Crippen LogP contribution in [0.1, 0.15) is 37.7 Å². The van der Waals surface area contributed by atoms with Gasteiger partial charge in [-0.2, -0.15) is 0 Å². The van der Waals surface area contributed by atoms with E-state index in [1.165, 1.54) is 32.4 Å². The van der Waals surface area contributed by atoms with E-state index in [0.717, 1.165) is 50.8 Å². The Morgan fingerprint density at radius 1 is 1.07 bits per heavy atom. The van der Waals surface area contributed by atoms with Gasteiger partial charge in [-0.15, -0.1) is 0 Å². The van der Waals surface area contributed by atoms with Crippen molar-refractivity contribution in [1.29, 1.82) is 0 Å². The first-order valence-electron chi connectivity index (χ1n) is 10.4. The van der Waals surface area contributed by atoms with Crippen molar-refractivity contribution in [3.8, 4) is 0 Å². The first-order valence-corrected chi connectivity index (χ1v) is 10.4. The number of carbonyl (C=O) groups excluding carboxylic acids is 1. The molecule has 5 rings (SSSR count). The van der Waals surface area contributed by atoms with E-state index >= 15 is 0 Å². The fourth-order valence-electron chi connectivity index (χ4n) is 5.56. The highest BCUT2D eigenvalue weighted by atomic mass is 16.6. The summed E-state index contributed by atoms with van der Waals surface area (Å²) in [4.78, 5) is 17.0. The van der Waals surface area contributed by atoms with Gasteiger partial charge in [0.2, 0.25) is 0 Å². The van der Waals surface area contributed by atoms with Gasteiger partial charge in [-0.3, -0.25) is 4.90 Å². The van der Waals surface area contributed by atoms with E-state index in [1.54, 1.807) is 0 Å². The van der Waals surface area contributed by atoms with E-state index in [-0.39, 0.29) is 6.09 Å². The molecule has 1 atom stereocenters. The highest BCUT2D eigenvalue weighted by Gasteiger charge is 2.53. The Bertz CT molecular complexity index is 672. The first-order chi connectivity index (χ1) is 13.2. The number of ether oxygens (including phenoxy) is 2. The van der Waals surface area contributed by atoms with Crippen LogP contribution in [0.25, 0.3) is 0 Å². The molecular weight excluding hydrogens is 340 g/mol. The molecule has 1 saturated carbocycles. The summed E-state index contributed by atoms with van der Waals surface area (Å²) in [5, 5.41) is 0. The average molecular weight is 370 g/mol. The van der Waals surface area contributed by atoms with E-state index < -0.39 is 0 Å². The zero-order valence-corrected chi connectivity index (χ0v) is 16.1. The molecule has 3 heterocycles. The average Bonchev–Trinajstić information content (AvgIpc) is 3.02. The molecule has 0 radical (unpaired) electrons. The summed E-state index contributed by atoms with van der Waals surface area (Å²) < 4.78 is 10.9. The van der Waals surface area contributed by atoms with Crippen LogP contribution < -0.4 is 0 Å². The van der Waals surface area contributed by atoms with E-state index in [2.05, 4.69) is 4.90 Å². The first kappa shape index (κ1) is 17.5. The number of carbonyl (C=O) groups is 1. The molecule has 1 aromatic rings. The molecule has 1 aliphatic carbocycles. The Balaban J connectivity index is 1.08. The van der Waals surface area contributed by atoms with Crippen molar-refractivity contribution >= 4 is 6.09 Å². The van der Waals surface area contributed by atoms with E-state index in [9.17, 15) is 4.79 Å². The van der Waals surface area contributed by atoms with Crippen molar-refractivity contribution in [3.63, 3.8) is 0 Å². The Kier molecular flexibility index (Phi) is 4.40. The van der Waals surface area contributed by atoms with Gasteiger partial charge in [-0.05, 0) is 43.1 Å². The van der Waals surface area contributed by atoms with Gasteiger partial charge < -0.3 is 14.4 Å². The van der Waals surface area contributed by atoms with Crippen LogP contribution in [0.3, 0.4) is 0 Å². The Labute approximate surface area is 161 Å². The van der Waals surface area contributed by atoms with Crippen LogP contribution in [0, 0.1) is 10.8 Å². The lowest BCUT2D eigenvalue weighted by molar-refractivity contribution is -0.198. The molecule has 146 valence electrons. The summed E-state index contributed by atoms with van der Waals surface area (Å²) in [6.45, 7) is 6.49. The normalized spacial score (nSPS) is 28.7. The summed E-state index contributed by atoms with van der Waals surface area (Å²) >= 11 is 0. The third-order valence-electron chi connectivity index (χ3n) is 7.37. The fourth-order valence-corrected chi connectivity index (χ4v) is 5.56. The number of hydrogen-bond donors (Lipinski definition) is 0. The molecule has 27 heavy (non-hydrogen) atoms. The molecule has 1 unspecified atom stereocenters. The molecule has 0 N–H and O–H groups in total. The van der Waals surface area contributed by atoms with Crippen molar-refractivity contribution in [3.05, 3.63) is 35.9 Å². The third kappa shape index (κ3) is 3.36. The number of nitrogens with zero attached hydrogens (tertiary/aromatic N) is 2. The minimum absolute atomic E-state index is 0.155. The highest BCUT2D eigenvalue weighted by Crippen LogP contribution is 2.50. The number of benzene rings is 1. The van der Waals surface area contributed by atoms with Gasteiger partial charge in [0.25, 0.3) is 0 Å². The Hall–Kier alpha value is -1.59. The Morgan fingerprint density at radius 2 is 1.81 bits per heavy atom. The lowest BCUT2D eigenvalue weighted by atomic mass is 9.75. The van der Waals surface area contributed by atoms with Gasteiger partial charge in [0.05, 0.1) is 13.2 Å². The van der Waals surface area contributed by atoms with Crippen molar-refractivity contribution in [2.75, 3.05) is 39.4 Å². The van der Waals surface area contributed by atoms with E-state index in [4.69, 9.17) is 9.47 Å². The lowest BCUT2D eigenvalue weighted by Gasteiger charge is -2.57. The van der Waals surface area contributed by atoms with Crippen LogP contribution in [-0.2, 0) is 16.1 Å². The molecule has 5 nitrogen and oxygen atoms in total. The van der Waals surface area contributed by atoms with E-state index in [1.807, 2.05) is 35.2 Å². The monoisotopic (exact) mass is 370 g/mol. The molecule has 2 spiro atoms. The number of piperidine rings is 1. The SMILES string of the molecule is O=C(OCc1ccccc1)N1CCC2(CCC(N3CC4(COC4)C3)C2)CC1. The van der Waals surface area contributed by atoms with Gasteiger partial charge >= 0.3 is 6.09 Å². The van der Waals surface area contributed by atoms with Gasteiger partial charge in [0, 0.05) is 37.6 Å². The Morgan fingerprint density at radius 3 is 2.48 bits per heavy atom. The molecule has 3 saturated heterocycles. The number of rotatable bonds is 3. The van der Waals surface area contributed by atoms with Crippen molar-refractivity contribution in [2.45, 2.75) is 44.8 Å². The van der Waals surface area contributed by atoms with Crippen LogP contribution in [0.4, 0.5) is 4.79 Å². The van der Waals surface area contributed by atoms with Crippen molar-refractivity contribution in [2.24, 2.45) is 10.8 Å². The van der Waals surface area contributed by atoms with Crippen molar-refractivity contribution < 1.29 is 14.3 Å². The van der Waals surface area contributed by atoms with Crippen LogP contribution in [0.2, 0.25) is 0 Å². The zero-order chi connectivity index (χ0) is 18.3. The standard InChI is InChI=1S/C22H30N2O3/c25-20(27-13-18-4-2-1-3-5-18)23-10-8-21(9-11-23)7-6-19(12-21)24-14-22(15-24)16-26-17-22/h1-5,19H,6-17H2. The number of amides is 1. The second-order valence-electron chi connectivity index (χ2n) is 9.32. The molecule has 1 aromatic carbocycles. The molecule has 1 amide bonds. The maximum absolute atomic E-state index is 12.4. The van der Waals surface area contributed by atoms with Gasteiger partial charge in [-0.1, -0.05) is 30.3 Å². The quantitative estimate of drug-likeness (QED) is 0.819. The molecule has 0 aromatic heterocycles. The van der Waals surface area contributed by atoms with Crippen LogP contribution >= 0.6 is 0 Å². The topological polar surface area (TPSA) is 42.0 Å². The second kappa shape index (κ2) is 6.78. The van der Waals surface area contributed by atoms with Crippen LogP contribution in [0.15, 0.2) is 30.3 Å². The number of hydrogen-bond acceptors (Lipinski definition) is 4. The van der Waals surface area contributed by atoms with Crippen molar-refractivity contribution in [1.82, 2.24) is 9.80 Å². The maximum atomic E-state index is 12.4. The van der Waals surface area contributed by atoms with Crippen LogP contribution in [0.5, 0.6) is 0 Å². The minimum atomic E-state index is -0.155. The smallest absolute Gasteiger partial charge is 0.410 e. The molecule has 4 fully saturated rings. The molecule has 4 aliphatic rings. The van der Waals surface area contributed by atoms with Gasteiger partial charge in [-0.25, -0.2) is 4.79 Å². The lowest BCUT2D eigenvalue weighted by Crippen LogP contribution is -2.67. The molecule has 0 bridgehead atoms. The summed E-state index contributed by atoms with van der Waals surface area (Å²) in [5.41, 5.74) is 2.02. The van der Waals surface area contributed by atoms with E-state index in [0.29, 0.717) is 17.4 Å². The summed E-state index contributed by atoms with van der Waals surface area (Å²) in [6, 6.07) is 10.7. The number of likely N-dealkylation sites (tertiary alicyclic amines) is 2. The summed E-state index contributed by atoms with van der Waals surface area (Å²) in [6.07, 6.45) is 6.08. The molecule has 5 heteroatoms. The minimum Gasteiger partial charge on any atom is -0.445 e. The second-order valence-corrected chi connectivity index (χ2v) is 9.32. The molecule has 3 aliphatic heterocycles. The zero-order valence-electron chi connectivity index (χ0n) is 16.1. The highest BCUT2D eigenvalue weighted by molar-refractivity contribution is 5.67. The largest absolute Gasteiger partial charge is 0.445 e. The third-order valence-corrected chi connectivity index (χ3v) is 7.37. The predicted octanol–water partition coefficient (Wildman–Crippen LogP) is 3.29. The maximum Gasteiger partial charge on any atom is 0.410 e. The van der Waals surface area contributed by atoms with Crippen LogP contribution in [-0.4, -0.2) is 61.3 Å². The molecular formula is C22H30N2O3. The summed E-state index contributed by atoms with van der Waals surface area (Å²) in [7, 11) is 0. The van der Waals surface area contributed by atoms with Gasteiger partial charge in [0.15, 0.2) is 0 Å². The fraction of sp³-hybridized carbons (Fsp3) is 0.682. The summed E-state index contributed by atoms with van der Waals surface area (Å²) in [5.74, 6) is 0. The van der Waals surface area contributed by atoms with Gasteiger partial charge in [0.1, 0.15) is 6.61 Å². The predicted molar refractivity (Wildman–Crippen MR) is 102 cm³/mol.